The number of thiophene rings is 1. The van der Waals surface area contributed by atoms with Gasteiger partial charge in [-0.2, -0.15) is 0 Å². The van der Waals surface area contributed by atoms with Crippen LogP contribution in [0.4, 0.5) is 5.69 Å². The number of carbonyl (C=O) groups is 1. The lowest BCUT2D eigenvalue weighted by Crippen LogP contribution is -2.32. The standard InChI is InChI=1S/C20H19ClN4O2S2/c21-13-5-3-12(4-6-13)14(24-7-1-2-8-24)9-25-11-22-16-17-20(28-10-15(26)23-17)29-18(16)19(25)27/h3-6,11,14H,1-2,7-10H2,(H,23,26). The lowest BCUT2D eigenvalue weighted by Gasteiger charge is -2.28. The monoisotopic (exact) mass is 446 g/mol. The van der Waals surface area contributed by atoms with Crippen LogP contribution in [-0.2, 0) is 11.3 Å². The Morgan fingerprint density at radius 1 is 1.17 bits per heavy atom. The van der Waals surface area contributed by atoms with Crippen LogP contribution >= 0.6 is 34.7 Å². The molecule has 29 heavy (non-hydrogen) atoms. The summed E-state index contributed by atoms with van der Waals surface area (Å²) in [5, 5.41) is 3.57. The summed E-state index contributed by atoms with van der Waals surface area (Å²) >= 11 is 8.97. The molecule has 1 atom stereocenters. The molecule has 1 N–H and O–H groups in total. The molecule has 3 aromatic rings. The van der Waals surface area contributed by atoms with Crippen LogP contribution in [0.2, 0.25) is 5.02 Å². The summed E-state index contributed by atoms with van der Waals surface area (Å²) in [5.41, 5.74) is 2.37. The number of anilines is 1. The van der Waals surface area contributed by atoms with E-state index in [4.69, 9.17) is 11.6 Å². The van der Waals surface area contributed by atoms with Crippen molar-refractivity contribution in [1.29, 1.82) is 0 Å². The molecular weight excluding hydrogens is 428 g/mol. The van der Waals surface area contributed by atoms with E-state index in [0.29, 0.717) is 33.2 Å². The lowest BCUT2D eigenvalue weighted by molar-refractivity contribution is -0.113. The first-order chi connectivity index (χ1) is 14.1. The van der Waals surface area contributed by atoms with Crippen LogP contribution in [0.5, 0.6) is 0 Å². The average molecular weight is 447 g/mol. The number of amides is 1. The van der Waals surface area contributed by atoms with Gasteiger partial charge in [0.25, 0.3) is 5.56 Å². The Balaban J connectivity index is 1.53. The van der Waals surface area contributed by atoms with Crippen LogP contribution in [0.3, 0.4) is 0 Å². The Bertz CT molecular complexity index is 1140. The van der Waals surface area contributed by atoms with Crippen molar-refractivity contribution < 1.29 is 4.79 Å². The van der Waals surface area contributed by atoms with Crippen molar-refractivity contribution in [2.45, 2.75) is 29.6 Å². The van der Waals surface area contributed by atoms with E-state index in [1.165, 1.54) is 35.9 Å². The van der Waals surface area contributed by atoms with Gasteiger partial charge >= 0.3 is 0 Å². The SMILES string of the molecule is O=C1CSc2sc3c(=O)n(CC(c4ccc(Cl)cc4)N4CCCC4)cnc3c2N1. The molecule has 0 radical (unpaired) electrons. The smallest absolute Gasteiger partial charge is 0.271 e. The fourth-order valence-electron chi connectivity index (χ4n) is 3.99. The van der Waals surface area contributed by atoms with Gasteiger partial charge in [-0.05, 0) is 43.6 Å². The summed E-state index contributed by atoms with van der Waals surface area (Å²) in [4.78, 5) is 31.9. The molecule has 9 heteroatoms. The summed E-state index contributed by atoms with van der Waals surface area (Å²) in [7, 11) is 0. The van der Waals surface area contributed by atoms with Gasteiger partial charge in [0, 0.05) is 11.6 Å². The fraction of sp³-hybridized carbons (Fsp3) is 0.350. The number of fused-ring (bicyclic) bond motifs is 3. The number of aromatic nitrogens is 2. The van der Waals surface area contributed by atoms with Crippen LogP contribution < -0.4 is 10.9 Å². The van der Waals surface area contributed by atoms with Crippen molar-refractivity contribution in [2.75, 3.05) is 24.2 Å². The van der Waals surface area contributed by atoms with Crippen molar-refractivity contribution in [3.63, 3.8) is 0 Å². The van der Waals surface area contributed by atoms with E-state index < -0.39 is 0 Å². The quantitative estimate of drug-likeness (QED) is 0.656. The molecular formula is C20H19ClN4O2S2. The molecule has 1 unspecified atom stereocenters. The van der Waals surface area contributed by atoms with Crippen LogP contribution in [-0.4, -0.2) is 39.2 Å². The molecule has 0 bridgehead atoms. The van der Waals surface area contributed by atoms with Gasteiger partial charge in [-0.25, -0.2) is 4.98 Å². The Hall–Kier alpha value is -1.87. The maximum absolute atomic E-state index is 13.2. The molecule has 2 aliphatic rings. The largest absolute Gasteiger partial charge is 0.322 e. The number of benzene rings is 1. The van der Waals surface area contributed by atoms with E-state index >= 15 is 0 Å². The molecule has 1 amide bonds. The minimum atomic E-state index is -0.0533. The number of nitrogens with one attached hydrogen (secondary N) is 1. The van der Waals surface area contributed by atoms with Gasteiger partial charge in [-0.15, -0.1) is 23.1 Å². The zero-order valence-corrected chi connectivity index (χ0v) is 17.9. The van der Waals surface area contributed by atoms with Crippen LogP contribution in [0.15, 0.2) is 39.6 Å². The van der Waals surface area contributed by atoms with E-state index in [9.17, 15) is 9.59 Å². The molecule has 5 rings (SSSR count). The predicted octanol–water partition coefficient (Wildman–Crippen LogP) is 3.99. The topological polar surface area (TPSA) is 67.2 Å². The van der Waals surface area contributed by atoms with E-state index in [-0.39, 0.29) is 17.5 Å². The third kappa shape index (κ3) is 3.59. The van der Waals surface area contributed by atoms with Gasteiger partial charge in [0.1, 0.15) is 10.2 Å². The number of likely N-dealkylation sites (tertiary alicyclic amines) is 1. The van der Waals surface area contributed by atoms with Gasteiger partial charge in [0.2, 0.25) is 5.91 Å². The molecule has 6 nitrogen and oxygen atoms in total. The summed E-state index contributed by atoms with van der Waals surface area (Å²) in [6.07, 6.45) is 3.96. The van der Waals surface area contributed by atoms with E-state index in [1.54, 1.807) is 10.9 Å². The van der Waals surface area contributed by atoms with Crippen molar-refractivity contribution in [1.82, 2.24) is 14.5 Å². The third-order valence-electron chi connectivity index (χ3n) is 5.44. The van der Waals surface area contributed by atoms with Crippen molar-refractivity contribution in [2.24, 2.45) is 0 Å². The summed E-state index contributed by atoms with van der Waals surface area (Å²) < 4.78 is 3.26. The molecule has 1 aromatic carbocycles. The number of hydrogen-bond acceptors (Lipinski definition) is 6. The molecule has 0 spiro atoms. The number of nitrogens with zero attached hydrogens (tertiary/aromatic N) is 3. The highest BCUT2D eigenvalue weighted by molar-refractivity contribution is 8.02. The molecule has 0 aliphatic carbocycles. The molecule has 4 heterocycles. The normalized spacial score (nSPS) is 18.0. The molecule has 0 saturated carbocycles. The molecule has 2 aliphatic heterocycles. The second-order valence-electron chi connectivity index (χ2n) is 7.29. The van der Waals surface area contributed by atoms with Crippen LogP contribution in [0.25, 0.3) is 10.2 Å². The number of rotatable bonds is 4. The number of hydrogen-bond donors (Lipinski definition) is 1. The lowest BCUT2D eigenvalue weighted by atomic mass is 10.1. The van der Waals surface area contributed by atoms with Gasteiger partial charge in [-0.1, -0.05) is 23.7 Å². The molecule has 1 saturated heterocycles. The summed E-state index contributed by atoms with van der Waals surface area (Å²) in [6.45, 7) is 2.58. The van der Waals surface area contributed by atoms with E-state index in [1.807, 2.05) is 24.3 Å². The van der Waals surface area contributed by atoms with Gasteiger partial charge in [0.05, 0.1) is 28.0 Å². The second kappa shape index (κ2) is 7.75. The first-order valence-corrected chi connectivity index (χ1v) is 11.7. The highest BCUT2D eigenvalue weighted by Crippen LogP contribution is 2.42. The van der Waals surface area contributed by atoms with E-state index in [2.05, 4.69) is 15.2 Å². The number of carbonyl (C=O) groups excluding carboxylic acids is 1. The summed E-state index contributed by atoms with van der Waals surface area (Å²) in [5.74, 6) is 0.326. The Morgan fingerprint density at radius 2 is 1.93 bits per heavy atom. The molecule has 2 aromatic heterocycles. The Labute approximate surface area is 180 Å². The van der Waals surface area contributed by atoms with Crippen molar-refractivity contribution >= 4 is 56.5 Å². The highest BCUT2D eigenvalue weighted by atomic mass is 35.5. The minimum absolute atomic E-state index is 0.0509. The summed E-state index contributed by atoms with van der Waals surface area (Å²) in [6, 6.07) is 7.97. The zero-order chi connectivity index (χ0) is 20.0. The third-order valence-corrected chi connectivity index (χ3v) is 8.13. The maximum atomic E-state index is 13.2. The van der Waals surface area contributed by atoms with Crippen molar-refractivity contribution in [3.8, 4) is 0 Å². The predicted molar refractivity (Wildman–Crippen MR) is 118 cm³/mol. The van der Waals surface area contributed by atoms with E-state index in [0.717, 1.165) is 22.9 Å². The van der Waals surface area contributed by atoms with Gasteiger partial charge in [0.15, 0.2) is 0 Å². The van der Waals surface area contributed by atoms with Gasteiger partial charge < -0.3 is 5.32 Å². The molecule has 1 fully saturated rings. The minimum Gasteiger partial charge on any atom is -0.322 e. The van der Waals surface area contributed by atoms with Crippen molar-refractivity contribution in [3.05, 3.63) is 51.5 Å². The average Bonchev–Trinajstić information content (AvgIpc) is 3.37. The number of halogens is 1. The van der Waals surface area contributed by atoms with Crippen LogP contribution in [0.1, 0.15) is 24.4 Å². The van der Waals surface area contributed by atoms with Crippen LogP contribution in [0, 0.1) is 0 Å². The molecule has 150 valence electrons. The fourth-order valence-corrected chi connectivity index (χ4v) is 6.29. The first kappa shape index (κ1) is 19.1. The highest BCUT2D eigenvalue weighted by Gasteiger charge is 2.27. The zero-order valence-electron chi connectivity index (χ0n) is 15.6. The Morgan fingerprint density at radius 3 is 2.69 bits per heavy atom. The second-order valence-corrected chi connectivity index (χ2v) is 9.99. The first-order valence-electron chi connectivity index (χ1n) is 9.54. The Kier molecular flexibility index (Phi) is 5.11. The maximum Gasteiger partial charge on any atom is 0.271 e. The number of thioether (sulfide) groups is 1. The van der Waals surface area contributed by atoms with Gasteiger partial charge in [-0.3, -0.25) is 19.1 Å².